The number of fused-ring (bicyclic) bond motifs is 1. The van der Waals surface area contributed by atoms with Gasteiger partial charge < -0.3 is 9.84 Å². The van der Waals surface area contributed by atoms with E-state index in [4.69, 9.17) is 9.84 Å². The zero-order valence-corrected chi connectivity index (χ0v) is 10.8. The van der Waals surface area contributed by atoms with Gasteiger partial charge in [-0.1, -0.05) is 15.9 Å². The summed E-state index contributed by atoms with van der Waals surface area (Å²) in [4.78, 5) is 10.8. The van der Waals surface area contributed by atoms with Gasteiger partial charge in [0.05, 0.1) is 10.4 Å². The molecule has 3 nitrogen and oxygen atoms in total. The van der Waals surface area contributed by atoms with Crippen LogP contribution in [0.3, 0.4) is 0 Å². The van der Waals surface area contributed by atoms with Crippen LogP contribution in [-0.2, 0) is 11.2 Å². The molecule has 15 heavy (non-hydrogen) atoms. The molecule has 0 bridgehead atoms. The van der Waals surface area contributed by atoms with E-state index < -0.39 is 11.9 Å². The molecule has 1 atom stereocenters. The van der Waals surface area contributed by atoms with Gasteiger partial charge in [0.25, 0.3) is 0 Å². The Bertz CT molecular complexity index is 417. The summed E-state index contributed by atoms with van der Waals surface area (Å²) >= 11 is 6.75. The van der Waals surface area contributed by atoms with Crippen molar-refractivity contribution in [2.24, 2.45) is 5.92 Å². The molecular formula is C10H8Br2O3. The van der Waals surface area contributed by atoms with Gasteiger partial charge >= 0.3 is 5.97 Å². The van der Waals surface area contributed by atoms with Gasteiger partial charge in [0.2, 0.25) is 0 Å². The molecule has 0 unspecified atom stereocenters. The second-order valence-electron chi connectivity index (χ2n) is 3.43. The predicted molar refractivity (Wildman–Crippen MR) is 62.2 cm³/mol. The van der Waals surface area contributed by atoms with Crippen LogP contribution in [0.1, 0.15) is 5.56 Å². The quantitative estimate of drug-likeness (QED) is 0.858. The lowest BCUT2D eigenvalue weighted by molar-refractivity contribution is -0.143. The van der Waals surface area contributed by atoms with E-state index >= 15 is 0 Å². The molecule has 1 aliphatic heterocycles. The zero-order chi connectivity index (χ0) is 11.0. The van der Waals surface area contributed by atoms with Crippen molar-refractivity contribution in [3.8, 4) is 5.75 Å². The number of ether oxygens (including phenoxy) is 1. The van der Waals surface area contributed by atoms with Crippen LogP contribution in [0.25, 0.3) is 0 Å². The van der Waals surface area contributed by atoms with E-state index in [1.807, 2.05) is 12.1 Å². The van der Waals surface area contributed by atoms with Crippen LogP contribution < -0.4 is 4.74 Å². The lowest BCUT2D eigenvalue weighted by Crippen LogP contribution is -2.28. The van der Waals surface area contributed by atoms with E-state index in [1.54, 1.807) is 0 Å². The fourth-order valence-electron chi connectivity index (χ4n) is 1.59. The minimum Gasteiger partial charge on any atom is -0.491 e. The van der Waals surface area contributed by atoms with E-state index in [9.17, 15) is 4.79 Å². The zero-order valence-electron chi connectivity index (χ0n) is 7.67. The Hall–Kier alpha value is -0.550. The van der Waals surface area contributed by atoms with Crippen molar-refractivity contribution >= 4 is 37.8 Å². The first kappa shape index (κ1) is 11.0. The third-order valence-corrected chi connectivity index (χ3v) is 3.38. The van der Waals surface area contributed by atoms with Gasteiger partial charge in [-0.2, -0.15) is 0 Å². The fourth-order valence-corrected chi connectivity index (χ4v) is 3.02. The third-order valence-electron chi connectivity index (χ3n) is 2.33. The lowest BCUT2D eigenvalue weighted by Gasteiger charge is -2.23. The molecular weight excluding hydrogens is 328 g/mol. The number of aliphatic carboxylic acids is 1. The van der Waals surface area contributed by atoms with Crippen LogP contribution >= 0.6 is 31.9 Å². The molecule has 5 heteroatoms. The van der Waals surface area contributed by atoms with E-state index in [1.165, 1.54) is 0 Å². The molecule has 0 saturated carbocycles. The number of rotatable bonds is 1. The van der Waals surface area contributed by atoms with Gasteiger partial charge in [-0.25, -0.2) is 0 Å². The van der Waals surface area contributed by atoms with Crippen molar-refractivity contribution in [1.29, 1.82) is 0 Å². The highest BCUT2D eigenvalue weighted by Crippen LogP contribution is 2.37. The van der Waals surface area contributed by atoms with Crippen LogP contribution in [0, 0.1) is 5.92 Å². The van der Waals surface area contributed by atoms with Crippen molar-refractivity contribution in [3.05, 3.63) is 26.6 Å². The topological polar surface area (TPSA) is 46.5 Å². The van der Waals surface area contributed by atoms with Crippen molar-refractivity contribution < 1.29 is 14.6 Å². The second kappa shape index (κ2) is 4.14. The number of hydrogen-bond acceptors (Lipinski definition) is 2. The predicted octanol–water partition coefficient (Wildman–Crippen LogP) is 2.85. The van der Waals surface area contributed by atoms with Crippen LogP contribution in [0.5, 0.6) is 5.75 Å². The van der Waals surface area contributed by atoms with Crippen molar-refractivity contribution in [2.75, 3.05) is 6.61 Å². The van der Waals surface area contributed by atoms with E-state index in [-0.39, 0.29) is 6.61 Å². The lowest BCUT2D eigenvalue weighted by atomic mass is 9.97. The Morgan fingerprint density at radius 2 is 2.20 bits per heavy atom. The molecule has 1 aliphatic rings. The monoisotopic (exact) mass is 334 g/mol. The summed E-state index contributed by atoms with van der Waals surface area (Å²) in [5.74, 6) is -0.494. The Morgan fingerprint density at radius 3 is 2.87 bits per heavy atom. The maximum Gasteiger partial charge on any atom is 0.310 e. The van der Waals surface area contributed by atoms with Crippen LogP contribution in [0.15, 0.2) is 21.1 Å². The summed E-state index contributed by atoms with van der Waals surface area (Å²) in [7, 11) is 0. The molecule has 0 amide bonds. The van der Waals surface area contributed by atoms with Gasteiger partial charge in [-0.05, 0) is 40.0 Å². The van der Waals surface area contributed by atoms with Crippen molar-refractivity contribution in [1.82, 2.24) is 0 Å². The Balaban J connectivity index is 2.37. The summed E-state index contributed by atoms with van der Waals surface area (Å²) in [5.41, 5.74) is 0.926. The summed E-state index contributed by atoms with van der Waals surface area (Å²) in [5, 5.41) is 8.90. The maximum atomic E-state index is 10.8. The molecule has 2 rings (SSSR count). The number of halogens is 2. The summed E-state index contributed by atoms with van der Waals surface area (Å²) in [6, 6.07) is 3.79. The normalized spacial score (nSPS) is 19.2. The van der Waals surface area contributed by atoms with E-state index in [0.29, 0.717) is 6.42 Å². The molecule has 1 heterocycles. The highest BCUT2D eigenvalue weighted by molar-refractivity contribution is 9.11. The average molecular weight is 336 g/mol. The van der Waals surface area contributed by atoms with Gasteiger partial charge in [0, 0.05) is 4.47 Å². The standard InChI is InChI=1S/C10H8Br2O3/c11-7-2-5-1-6(10(13)14)4-15-9(5)8(12)3-7/h2-3,6H,1,4H2,(H,13,14)/t6-/m0/s1. The number of hydrogen-bond donors (Lipinski definition) is 1. The number of benzene rings is 1. The minimum atomic E-state index is -0.809. The Kier molecular flexibility index (Phi) is 3.02. The highest BCUT2D eigenvalue weighted by atomic mass is 79.9. The number of carboxylic acids is 1. The first-order valence-electron chi connectivity index (χ1n) is 4.41. The van der Waals surface area contributed by atoms with Crippen molar-refractivity contribution in [3.63, 3.8) is 0 Å². The second-order valence-corrected chi connectivity index (χ2v) is 5.20. The number of carbonyl (C=O) groups is 1. The molecule has 1 N–H and O–H groups in total. The molecule has 0 fully saturated rings. The molecule has 0 spiro atoms. The van der Waals surface area contributed by atoms with Crippen LogP contribution in [-0.4, -0.2) is 17.7 Å². The van der Waals surface area contributed by atoms with Gasteiger partial charge in [0.15, 0.2) is 0 Å². The molecule has 0 saturated heterocycles. The van der Waals surface area contributed by atoms with Gasteiger partial charge in [0.1, 0.15) is 12.4 Å². The summed E-state index contributed by atoms with van der Waals surface area (Å²) < 4.78 is 7.21. The van der Waals surface area contributed by atoms with E-state index in [2.05, 4.69) is 31.9 Å². The summed E-state index contributed by atoms with van der Waals surface area (Å²) in [6.45, 7) is 0.239. The molecule has 0 aromatic heterocycles. The molecule has 1 aromatic carbocycles. The van der Waals surface area contributed by atoms with Gasteiger partial charge in [-0.15, -0.1) is 0 Å². The largest absolute Gasteiger partial charge is 0.491 e. The van der Waals surface area contributed by atoms with Crippen molar-refractivity contribution in [2.45, 2.75) is 6.42 Å². The molecule has 0 aliphatic carbocycles. The number of carboxylic acid groups (broad SMARTS) is 1. The Morgan fingerprint density at radius 1 is 1.47 bits per heavy atom. The average Bonchev–Trinajstić information content (AvgIpc) is 2.16. The third kappa shape index (κ3) is 2.18. The highest BCUT2D eigenvalue weighted by Gasteiger charge is 2.27. The fraction of sp³-hybridized carbons (Fsp3) is 0.300. The van der Waals surface area contributed by atoms with Crippen LogP contribution in [0.4, 0.5) is 0 Å². The first-order valence-corrected chi connectivity index (χ1v) is 6.00. The minimum absolute atomic E-state index is 0.239. The molecule has 1 aromatic rings. The smallest absolute Gasteiger partial charge is 0.310 e. The van der Waals surface area contributed by atoms with Gasteiger partial charge in [-0.3, -0.25) is 4.79 Å². The summed E-state index contributed by atoms with van der Waals surface area (Å²) in [6.07, 6.45) is 0.517. The maximum absolute atomic E-state index is 10.8. The molecule has 0 radical (unpaired) electrons. The van der Waals surface area contributed by atoms with E-state index in [0.717, 1.165) is 20.3 Å². The molecule has 80 valence electrons. The first-order chi connectivity index (χ1) is 7.08. The van der Waals surface area contributed by atoms with Crippen LogP contribution in [0.2, 0.25) is 0 Å². The SMILES string of the molecule is O=C(O)[C@@H]1COc2c(Br)cc(Br)cc2C1. The Labute approximate surface area is 104 Å².